The largest absolute Gasteiger partial charge is 0.497 e. The van der Waals surface area contributed by atoms with Gasteiger partial charge in [-0.3, -0.25) is 20.4 Å². The molecule has 0 aliphatic heterocycles. The Morgan fingerprint density at radius 1 is 0.905 bits per heavy atom. The van der Waals surface area contributed by atoms with Crippen LogP contribution in [0.3, 0.4) is 0 Å². The van der Waals surface area contributed by atoms with Gasteiger partial charge >= 0.3 is 0 Å². The van der Waals surface area contributed by atoms with Gasteiger partial charge in [0.25, 0.3) is 11.8 Å². The van der Waals surface area contributed by atoms with Gasteiger partial charge in [-0.15, -0.1) is 0 Å². The van der Waals surface area contributed by atoms with E-state index in [9.17, 15) is 9.59 Å². The molecule has 21 heavy (non-hydrogen) atoms. The molecule has 0 aliphatic carbocycles. The van der Waals surface area contributed by atoms with Gasteiger partial charge in [0.15, 0.2) is 0 Å². The number of hydrazine groups is 1. The minimum Gasteiger partial charge on any atom is -0.497 e. The van der Waals surface area contributed by atoms with Crippen LogP contribution < -0.4 is 15.6 Å². The molecule has 5 heteroatoms. The van der Waals surface area contributed by atoms with Crippen LogP contribution in [0.4, 0.5) is 0 Å². The van der Waals surface area contributed by atoms with Crippen LogP contribution in [0.2, 0.25) is 0 Å². The number of hydrogen-bond donors (Lipinski definition) is 2. The first-order valence-electron chi connectivity index (χ1n) is 6.41. The van der Waals surface area contributed by atoms with Gasteiger partial charge in [0, 0.05) is 11.1 Å². The fourth-order valence-electron chi connectivity index (χ4n) is 1.73. The minimum absolute atomic E-state index is 0.369. The van der Waals surface area contributed by atoms with Crippen molar-refractivity contribution in [3.8, 4) is 5.75 Å². The molecule has 2 rings (SSSR count). The third-order valence-electron chi connectivity index (χ3n) is 2.94. The molecule has 0 heterocycles. The molecule has 0 saturated carbocycles. The number of aryl methyl sites for hydroxylation is 1. The summed E-state index contributed by atoms with van der Waals surface area (Å²) in [6, 6.07) is 13.7. The SMILES string of the molecule is COc1cccc(C(=O)NNC(=O)c2ccc(C)cc2)c1. The third kappa shape index (κ3) is 3.82. The van der Waals surface area contributed by atoms with Crippen LogP contribution >= 0.6 is 0 Å². The summed E-state index contributed by atoms with van der Waals surface area (Å²) < 4.78 is 5.04. The van der Waals surface area contributed by atoms with Crippen LogP contribution in [0.5, 0.6) is 5.75 Å². The number of ether oxygens (including phenoxy) is 1. The second-order valence-corrected chi connectivity index (χ2v) is 4.51. The van der Waals surface area contributed by atoms with E-state index in [1.54, 1.807) is 36.4 Å². The van der Waals surface area contributed by atoms with Crippen LogP contribution in [-0.4, -0.2) is 18.9 Å². The van der Waals surface area contributed by atoms with Crippen molar-refractivity contribution in [1.82, 2.24) is 10.9 Å². The van der Waals surface area contributed by atoms with Gasteiger partial charge < -0.3 is 4.74 Å². The number of methoxy groups -OCH3 is 1. The maximum absolute atomic E-state index is 11.9. The van der Waals surface area contributed by atoms with Crippen LogP contribution in [0.1, 0.15) is 26.3 Å². The van der Waals surface area contributed by atoms with Crippen LogP contribution in [0.15, 0.2) is 48.5 Å². The Morgan fingerprint density at radius 2 is 1.52 bits per heavy atom. The van der Waals surface area contributed by atoms with Gasteiger partial charge in [0.1, 0.15) is 5.75 Å². The van der Waals surface area contributed by atoms with Gasteiger partial charge in [-0.05, 0) is 37.3 Å². The molecule has 0 fully saturated rings. The molecular weight excluding hydrogens is 268 g/mol. The lowest BCUT2D eigenvalue weighted by Crippen LogP contribution is -2.41. The zero-order valence-electron chi connectivity index (χ0n) is 11.8. The summed E-state index contributed by atoms with van der Waals surface area (Å²) in [6.45, 7) is 1.94. The molecule has 0 unspecified atom stereocenters. The molecule has 0 aromatic heterocycles. The Morgan fingerprint density at radius 3 is 2.14 bits per heavy atom. The highest BCUT2D eigenvalue weighted by Crippen LogP contribution is 2.12. The van der Waals surface area contributed by atoms with Crippen LogP contribution in [-0.2, 0) is 0 Å². The second-order valence-electron chi connectivity index (χ2n) is 4.51. The summed E-state index contributed by atoms with van der Waals surface area (Å²) in [5.41, 5.74) is 6.69. The van der Waals surface area contributed by atoms with E-state index in [4.69, 9.17) is 4.74 Å². The Bertz CT molecular complexity index is 651. The lowest BCUT2D eigenvalue weighted by molar-refractivity contribution is 0.0846. The fraction of sp³-hybridized carbons (Fsp3) is 0.125. The second kappa shape index (κ2) is 6.56. The van der Waals surface area contributed by atoms with Crippen molar-refractivity contribution in [2.24, 2.45) is 0 Å². The van der Waals surface area contributed by atoms with Gasteiger partial charge in [0.05, 0.1) is 7.11 Å². The number of nitrogens with one attached hydrogen (secondary N) is 2. The van der Waals surface area contributed by atoms with E-state index in [1.165, 1.54) is 7.11 Å². The maximum atomic E-state index is 11.9. The first-order chi connectivity index (χ1) is 10.1. The molecule has 5 nitrogen and oxygen atoms in total. The number of benzene rings is 2. The predicted molar refractivity (Wildman–Crippen MR) is 79.1 cm³/mol. The molecule has 2 aromatic carbocycles. The van der Waals surface area contributed by atoms with Crippen molar-refractivity contribution in [2.75, 3.05) is 7.11 Å². The molecule has 0 radical (unpaired) electrons. The Kier molecular flexibility index (Phi) is 4.56. The maximum Gasteiger partial charge on any atom is 0.269 e. The molecule has 108 valence electrons. The van der Waals surface area contributed by atoms with Gasteiger partial charge in [-0.2, -0.15) is 0 Å². The molecular formula is C16H16N2O3. The number of carbonyl (C=O) groups excluding carboxylic acids is 2. The van der Waals surface area contributed by atoms with E-state index < -0.39 is 5.91 Å². The van der Waals surface area contributed by atoms with Crippen molar-refractivity contribution in [2.45, 2.75) is 6.92 Å². The minimum atomic E-state index is -0.408. The lowest BCUT2D eigenvalue weighted by Gasteiger charge is -2.08. The van der Waals surface area contributed by atoms with Crippen molar-refractivity contribution in [3.05, 3.63) is 65.2 Å². The summed E-state index contributed by atoms with van der Waals surface area (Å²) in [5.74, 6) is -0.201. The smallest absolute Gasteiger partial charge is 0.269 e. The van der Waals surface area contributed by atoms with Gasteiger partial charge in [0.2, 0.25) is 0 Å². The normalized spacial score (nSPS) is 9.81. The molecule has 0 spiro atoms. The fourth-order valence-corrected chi connectivity index (χ4v) is 1.73. The zero-order valence-corrected chi connectivity index (χ0v) is 11.8. The van der Waals surface area contributed by atoms with Gasteiger partial charge in [-0.1, -0.05) is 23.8 Å². The number of carbonyl (C=O) groups is 2. The summed E-state index contributed by atoms with van der Waals surface area (Å²) in [4.78, 5) is 23.8. The number of hydrogen-bond acceptors (Lipinski definition) is 3. The summed E-state index contributed by atoms with van der Waals surface area (Å²) >= 11 is 0. The first-order valence-corrected chi connectivity index (χ1v) is 6.41. The average molecular weight is 284 g/mol. The molecule has 0 bridgehead atoms. The van der Waals surface area contributed by atoms with E-state index in [0.29, 0.717) is 16.9 Å². The first kappa shape index (κ1) is 14.6. The zero-order chi connectivity index (χ0) is 15.2. The summed E-state index contributed by atoms with van der Waals surface area (Å²) in [7, 11) is 1.52. The van der Waals surface area contributed by atoms with Crippen molar-refractivity contribution in [3.63, 3.8) is 0 Å². The molecule has 2 amide bonds. The van der Waals surface area contributed by atoms with Crippen LogP contribution in [0.25, 0.3) is 0 Å². The van der Waals surface area contributed by atoms with E-state index in [-0.39, 0.29) is 5.91 Å². The van der Waals surface area contributed by atoms with Crippen LogP contribution in [0, 0.1) is 6.92 Å². The molecule has 0 saturated heterocycles. The molecule has 2 aromatic rings. The van der Waals surface area contributed by atoms with E-state index in [1.807, 2.05) is 19.1 Å². The standard InChI is InChI=1S/C16H16N2O3/c1-11-6-8-12(9-7-11)15(19)17-18-16(20)13-4-3-5-14(10-13)21-2/h3-10H,1-2H3,(H,17,19)(H,18,20). The summed E-state index contributed by atoms with van der Waals surface area (Å²) in [5, 5.41) is 0. The average Bonchev–Trinajstić information content (AvgIpc) is 2.53. The number of amides is 2. The Labute approximate surface area is 122 Å². The molecule has 0 atom stereocenters. The van der Waals surface area contributed by atoms with E-state index >= 15 is 0 Å². The number of rotatable bonds is 3. The van der Waals surface area contributed by atoms with E-state index in [0.717, 1.165) is 5.56 Å². The highest BCUT2D eigenvalue weighted by atomic mass is 16.5. The Balaban J connectivity index is 1.97. The molecule has 0 aliphatic rings. The topological polar surface area (TPSA) is 67.4 Å². The quantitative estimate of drug-likeness (QED) is 0.848. The predicted octanol–water partition coefficient (Wildman–Crippen LogP) is 2.08. The Hall–Kier alpha value is -2.82. The third-order valence-corrected chi connectivity index (χ3v) is 2.94. The highest BCUT2D eigenvalue weighted by Gasteiger charge is 2.09. The van der Waals surface area contributed by atoms with Crippen molar-refractivity contribution < 1.29 is 14.3 Å². The lowest BCUT2D eigenvalue weighted by atomic mass is 10.1. The summed E-state index contributed by atoms with van der Waals surface area (Å²) in [6.07, 6.45) is 0. The highest BCUT2D eigenvalue weighted by molar-refractivity contribution is 5.99. The van der Waals surface area contributed by atoms with Gasteiger partial charge in [-0.25, -0.2) is 0 Å². The monoisotopic (exact) mass is 284 g/mol. The van der Waals surface area contributed by atoms with Crippen molar-refractivity contribution >= 4 is 11.8 Å². The molecule has 2 N–H and O–H groups in total. The van der Waals surface area contributed by atoms with E-state index in [2.05, 4.69) is 10.9 Å². The van der Waals surface area contributed by atoms with Crippen molar-refractivity contribution in [1.29, 1.82) is 0 Å².